The summed E-state index contributed by atoms with van der Waals surface area (Å²) in [5.41, 5.74) is -1.99. The van der Waals surface area contributed by atoms with E-state index in [1.807, 2.05) is 0 Å². The number of unbranched alkanes of at least 4 members (excludes halogenated alkanes) is 12. The molecule has 0 aromatic heterocycles. The SMILES string of the molecule is CCCCCCCC/C=C\CCCCCCC(CCCCC)C(=O)C(O)(CO)CO. The van der Waals surface area contributed by atoms with Crippen LogP contribution in [0.3, 0.4) is 0 Å². The first-order chi connectivity index (χ1) is 14.6. The van der Waals surface area contributed by atoms with Crippen LogP contribution in [0.4, 0.5) is 0 Å². The summed E-state index contributed by atoms with van der Waals surface area (Å²) in [4.78, 5) is 12.6. The summed E-state index contributed by atoms with van der Waals surface area (Å²) in [6.07, 6.45) is 24.0. The molecule has 0 amide bonds. The molecule has 4 nitrogen and oxygen atoms in total. The fraction of sp³-hybridized carbons (Fsp3) is 0.885. The molecule has 0 aromatic carbocycles. The van der Waals surface area contributed by atoms with E-state index >= 15 is 0 Å². The van der Waals surface area contributed by atoms with E-state index in [0.29, 0.717) is 0 Å². The number of Topliss-reactive ketones (excluding diaryl/α,β-unsaturated/α-hetero) is 1. The lowest BCUT2D eigenvalue weighted by Crippen LogP contribution is -2.49. The number of carbonyl (C=O) groups excluding carboxylic acids is 1. The second-order valence-corrected chi connectivity index (χ2v) is 8.92. The summed E-state index contributed by atoms with van der Waals surface area (Å²) >= 11 is 0. The highest BCUT2D eigenvalue weighted by atomic mass is 16.4. The summed E-state index contributed by atoms with van der Waals surface area (Å²) in [6.45, 7) is 2.95. The quantitative estimate of drug-likeness (QED) is 0.144. The van der Waals surface area contributed by atoms with Crippen LogP contribution in [0.2, 0.25) is 0 Å². The van der Waals surface area contributed by atoms with Gasteiger partial charge in [0.15, 0.2) is 11.4 Å². The molecule has 4 heteroatoms. The first-order valence-electron chi connectivity index (χ1n) is 12.7. The van der Waals surface area contributed by atoms with Crippen molar-refractivity contribution in [1.82, 2.24) is 0 Å². The van der Waals surface area contributed by atoms with Crippen molar-refractivity contribution in [2.45, 2.75) is 129 Å². The largest absolute Gasteiger partial charge is 0.393 e. The topological polar surface area (TPSA) is 77.8 Å². The van der Waals surface area contributed by atoms with Gasteiger partial charge in [0.05, 0.1) is 13.2 Å². The van der Waals surface area contributed by atoms with Crippen LogP contribution < -0.4 is 0 Å². The van der Waals surface area contributed by atoms with Gasteiger partial charge in [-0.05, 0) is 38.5 Å². The van der Waals surface area contributed by atoms with Crippen molar-refractivity contribution in [2.24, 2.45) is 5.92 Å². The van der Waals surface area contributed by atoms with Gasteiger partial charge in [-0.25, -0.2) is 0 Å². The Balaban J connectivity index is 3.97. The molecular weight excluding hydrogens is 376 g/mol. The first-order valence-corrected chi connectivity index (χ1v) is 12.7. The summed E-state index contributed by atoms with van der Waals surface area (Å²) in [5, 5.41) is 28.8. The van der Waals surface area contributed by atoms with Crippen LogP contribution in [0.5, 0.6) is 0 Å². The Morgan fingerprint density at radius 3 is 1.60 bits per heavy atom. The lowest BCUT2D eigenvalue weighted by atomic mass is 9.83. The molecule has 0 radical (unpaired) electrons. The van der Waals surface area contributed by atoms with Crippen molar-refractivity contribution >= 4 is 5.78 Å². The molecule has 0 bridgehead atoms. The Morgan fingerprint density at radius 2 is 1.10 bits per heavy atom. The van der Waals surface area contributed by atoms with Gasteiger partial charge in [0.25, 0.3) is 0 Å². The van der Waals surface area contributed by atoms with Crippen LogP contribution in [-0.4, -0.2) is 39.9 Å². The van der Waals surface area contributed by atoms with E-state index in [1.165, 1.54) is 51.4 Å². The van der Waals surface area contributed by atoms with Crippen LogP contribution in [0.25, 0.3) is 0 Å². The summed E-state index contributed by atoms with van der Waals surface area (Å²) in [6, 6.07) is 0. The van der Waals surface area contributed by atoms with Crippen molar-refractivity contribution < 1.29 is 20.1 Å². The van der Waals surface area contributed by atoms with Gasteiger partial charge in [0.2, 0.25) is 0 Å². The highest BCUT2D eigenvalue weighted by molar-refractivity contribution is 5.89. The van der Waals surface area contributed by atoms with E-state index in [1.54, 1.807) is 0 Å². The normalized spacial score (nSPS) is 13.2. The van der Waals surface area contributed by atoms with Crippen molar-refractivity contribution in [3.05, 3.63) is 12.2 Å². The van der Waals surface area contributed by atoms with Crippen LogP contribution in [0.15, 0.2) is 12.2 Å². The highest BCUT2D eigenvalue weighted by Crippen LogP contribution is 2.24. The molecule has 0 saturated heterocycles. The summed E-state index contributed by atoms with van der Waals surface area (Å²) in [5.74, 6) is -0.653. The van der Waals surface area contributed by atoms with E-state index in [-0.39, 0.29) is 11.7 Å². The fourth-order valence-corrected chi connectivity index (χ4v) is 3.92. The van der Waals surface area contributed by atoms with E-state index in [4.69, 9.17) is 0 Å². The Hall–Kier alpha value is -0.710. The Morgan fingerprint density at radius 1 is 0.700 bits per heavy atom. The van der Waals surface area contributed by atoms with E-state index in [0.717, 1.165) is 57.8 Å². The minimum Gasteiger partial charge on any atom is -0.393 e. The molecular formula is C26H50O4. The number of allylic oxidation sites excluding steroid dienone is 2. The number of rotatable bonds is 22. The predicted octanol–water partition coefficient (Wildman–Crippen LogP) is 6.12. The third-order valence-corrected chi connectivity index (χ3v) is 6.07. The van der Waals surface area contributed by atoms with Crippen molar-refractivity contribution in [3.8, 4) is 0 Å². The Kier molecular flexibility index (Phi) is 19.7. The monoisotopic (exact) mass is 426 g/mol. The smallest absolute Gasteiger partial charge is 0.172 e. The maximum atomic E-state index is 12.6. The van der Waals surface area contributed by atoms with E-state index in [9.17, 15) is 20.1 Å². The number of carbonyl (C=O) groups is 1. The molecule has 0 spiro atoms. The zero-order valence-electron chi connectivity index (χ0n) is 19.9. The van der Waals surface area contributed by atoms with Gasteiger partial charge in [-0.2, -0.15) is 0 Å². The summed E-state index contributed by atoms with van der Waals surface area (Å²) in [7, 11) is 0. The van der Waals surface area contributed by atoms with Crippen molar-refractivity contribution in [3.63, 3.8) is 0 Å². The third-order valence-electron chi connectivity index (χ3n) is 6.07. The molecule has 1 atom stereocenters. The lowest BCUT2D eigenvalue weighted by molar-refractivity contribution is -0.151. The van der Waals surface area contributed by atoms with Crippen molar-refractivity contribution in [2.75, 3.05) is 13.2 Å². The number of hydrogen-bond acceptors (Lipinski definition) is 4. The minimum atomic E-state index is -1.99. The maximum Gasteiger partial charge on any atom is 0.172 e. The average molecular weight is 427 g/mol. The maximum absolute atomic E-state index is 12.6. The molecule has 0 aliphatic rings. The van der Waals surface area contributed by atoms with Crippen LogP contribution in [0.1, 0.15) is 123 Å². The van der Waals surface area contributed by atoms with Crippen molar-refractivity contribution in [1.29, 1.82) is 0 Å². The highest BCUT2D eigenvalue weighted by Gasteiger charge is 2.38. The molecule has 0 saturated carbocycles. The molecule has 0 aliphatic carbocycles. The van der Waals surface area contributed by atoms with Crippen LogP contribution in [0, 0.1) is 5.92 Å². The third kappa shape index (κ3) is 14.3. The Labute approximate surface area is 186 Å². The lowest BCUT2D eigenvalue weighted by Gasteiger charge is -2.27. The molecule has 0 fully saturated rings. The van der Waals surface area contributed by atoms with Gasteiger partial charge in [0.1, 0.15) is 0 Å². The number of aliphatic hydroxyl groups excluding tert-OH is 2. The van der Waals surface area contributed by atoms with Crippen LogP contribution in [-0.2, 0) is 4.79 Å². The fourth-order valence-electron chi connectivity index (χ4n) is 3.92. The van der Waals surface area contributed by atoms with Crippen LogP contribution >= 0.6 is 0 Å². The predicted molar refractivity (Wildman–Crippen MR) is 127 cm³/mol. The number of ketones is 1. The molecule has 1 unspecified atom stereocenters. The molecule has 0 aromatic rings. The zero-order valence-corrected chi connectivity index (χ0v) is 19.9. The molecule has 0 aliphatic heterocycles. The van der Waals surface area contributed by atoms with Gasteiger partial charge in [-0.15, -0.1) is 0 Å². The number of aliphatic hydroxyl groups is 3. The van der Waals surface area contributed by atoms with Gasteiger partial charge >= 0.3 is 0 Å². The van der Waals surface area contributed by atoms with Gasteiger partial charge in [-0.1, -0.05) is 96.6 Å². The molecule has 3 N–H and O–H groups in total. The molecule has 178 valence electrons. The van der Waals surface area contributed by atoms with Gasteiger partial charge in [0, 0.05) is 5.92 Å². The van der Waals surface area contributed by atoms with E-state index in [2.05, 4.69) is 26.0 Å². The van der Waals surface area contributed by atoms with Gasteiger partial charge < -0.3 is 15.3 Å². The minimum absolute atomic E-state index is 0.266. The molecule has 0 rings (SSSR count). The second kappa shape index (κ2) is 20.2. The summed E-state index contributed by atoms with van der Waals surface area (Å²) < 4.78 is 0. The Bertz CT molecular complexity index is 415. The molecule has 0 heterocycles. The average Bonchev–Trinajstić information content (AvgIpc) is 2.77. The molecule has 30 heavy (non-hydrogen) atoms. The zero-order chi connectivity index (χ0) is 22.5. The standard InChI is InChI=1S/C26H50O4/c1-3-5-7-8-9-10-11-12-13-14-15-16-17-19-21-24(20-18-6-4-2)25(29)26(30,22-27)23-28/h12-13,24,27-28,30H,3-11,14-23H2,1-2H3/b13-12-. The van der Waals surface area contributed by atoms with Gasteiger partial charge in [-0.3, -0.25) is 4.79 Å². The number of hydrogen-bond donors (Lipinski definition) is 3. The van der Waals surface area contributed by atoms with E-state index < -0.39 is 18.8 Å². The first kappa shape index (κ1) is 29.3. The second-order valence-electron chi connectivity index (χ2n) is 8.92.